The van der Waals surface area contributed by atoms with Gasteiger partial charge in [-0.3, -0.25) is 14.6 Å². The van der Waals surface area contributed by atoms with Crippen LogP contribution in [-0.4, -0.2) is 14.5 Å². The number of aromatic nitrogens is 3. The number of H-pyrrole nitrogens is 1. The molecular formula is C25H22ClN5O3. The molecule has 1 aromatic carbocycles. The zero-order chi connectivity index (χ0) is 24.4. The van der Waals surface area contributed by atoms with E-state index in [4.69, 9.17) is 21.6 Å². The average Bonchev–Trinajstić information content (AvgIpc) is 2.84. The highest BCUT2D eigenvalue weighted by Gasteiger charge is 2.17. The molecule has 2 atom stereocenters. The summed E-state index contributed by atoms with van der Waals surface area (Å²) in [6.45, 7) is 3.65. The number of hydrogen-bond acceptors (Lipinski definition) is 6. The highest BCUT2D eigenvalue weighted by molar-refractivity contribution is 6.36. The van der Waals surface area contributed by atoms with Gasteiger partial charge < -0.3 is 19.6 Å². The van der Waals surface area contributed by atoms with Crippen molar-refractivity contribution in [2.45, 2.75) is 26.0 Å². The van der Waals surface area contributed by atoms with Crippen LogP contribution in [0.5, 0.6) is 5.75 Å². The second-order valence-electron chi connectivity index (χ2n) is 7.88. The van der Waals surface area contributed by atoms with Crippen LogP contribution in [0.15, 0.2) is 64.3 Å². The lowest BCUT2D eigenvalue weighted by atomic mass is 10.1. The van der Waals surface area contributed by atoms with Crippen molar-refractivity contribution in [1.82, 2.24) is 14.5 Å². The number of benzene rings is 1. The van der Waals surface area contributed by atoms with Gasteiger partial charge in [-0.2, -0.15) is 5.26 Å². The standard InChI is InChI=1S/C25H22ClN5O3/c1-14(29-20-9-8-17(13-27)31(3)25(20)33)18-12-16-7-10-21(22(26)23(16)30-24(18)32)34-15(2)19-6-4-5-11-28-19/h4-12,14-15,29H,1-3H3,(H,30,32)/t14-,15+/m0/s1. The minimum atomic E-state index is -0.479. The van der Waals surface area contributed by atoms with Gasteiger partial charge >= 0.3 is 0 Å². The van der Waals surface area contributed by atoms with Gasteiger partial charge in [0.15, 0.2) is 0 Å². The Balaban J connectivity index is 1.63. The normalized spacial score (nSPS) is 12.7. The zero-order valence-electron chi connectivity index (χ0n) is 18.8. The molecule has 0 spiro atoms. The molecule has 0 aliphatic heterocycles. The number of rotatable bonds is 6. The molecule has 3 heterocycles. The van der Waals surface area contributed by atoms with Gasteiger partial charge in [-0.25, -0.2) is 0 Å². The number of anilines is 1. The van der Waals surface area contributed by atoms with Gasteiger partial charge in [0, 0.05) is 24.2 Å². The number of hydrogen-bond donors (Lipinski definition) is 2. The summed E-state index contributed by atoms with van der Waals surface area (Å²) >= 11 is 6.57. The Morgan fingerprint density at radius 2 is 1.97 bits per heavy atom. The molecule has 0 radical (unpaired) electrons. The SMILES string of the molecule is C[C@H](Nc1ccc(C#N)n(C)c1=O)c1cc2ccc(O[C@H](C)c3ccccn3)c(Cl)c2[nH]c1=O. The second-order valence-corrected chi connectivity index (χ2v) is 8.26. The van der Waals surface area contributed by atoms with E-state index in [9.17, 15) is 9.59 Å². The van der Waals surface area contributed by atoms with Crippen molar-refractivity contribution in [2.24, 2.45) is 7.05 Å². The van der Waals surface area contributed by atoms with E-state index in [2.05, 4.69) is 15.3 Å². The van der Waals surface area contributed by atoms with E-state index in [0.29, 0.717) is 27.5 Å². The van der Waals surface area contributed by atoms with E-state index in [1.54, 1.807) is 31.3 Å². The van der Waals surface area contributed by atoms with Gasteiger partial charge in [0.05, 0.1) is 17.3 Å². The van der Waals surface area contributed by atoms with Crippen molar-refractivity contribution >= 4 is 28.2 Å². The maximum absolute atomic E-state index is 12.9. The van der Waals surface area contributed by atoms with Crippen LogP contribution in [0.1, 0.15) is 42.9 Å². The van der Waals surface area contributed by atoms with Crippen LogP contribution in [0.25, 0.3) is 10.9 Å². The quantitative estimate of drug-likeness (QED) is 0.425. The molecule has 0 unspecified atom stereocenters. The van der Waals surface area contributed by atoms with Crippen LogP contribution < -0.4 is 21.2 Å². The van der Waals surface area contributed by atoms with Gasteiger partial charge in [0.25, 0.3) is 11.1 Å². The van der Waals surface area contributed by atoms with Gasteiger partial charge in [0.2, 0.25) is 0 Å². The van der Waals surface area contributed by atoms with Crippen molar-refractivity contribution < 1.29 is 4.74 Å². The van der Waals surface area contributed by atoms with Crippen molar-refractivity contribution in [3.8, 4) is 11.8 Å². The number of pyridine rings is 3. The third-order valence-corrected chi connectivity index (χ3v) is 5.99. The molecule has 4 rings (SSSR count). The molecule has 9 heteroatoms. The molecular weight excluding hydrogens is 454 g/mol. The molecule has 4 aromatic rings. The van der Waals surface area contributed by atoms with E-state index in [0.717, 1.165) is 11.1 Å². The van der Waals surface area contributed by atoms with E-state index >= 15 is 0 Å². The van der Waals surface area contributed by atoms with E-state index in [-0.39, 0.29) is 22.9 Å². The number of fused-ring (bicyclic) bond motifs is 1. The summed E-state index contributed by atoms with van der Waals surface area (Å²) in [7, 11) is 1.52. The van der Waals surface area contributed by atoms with E-state index in [1.807, 2.05) is 37.3 Å². The van der Waals surface area contributed by atoms with Crippen LogP contribution in [-0.2, 0) is 7.05 Å². The largest absolute Gasteiger partial charge is 0.483 e. The number of halogens is 1. The Kier molecular flexibility index (Phi) is 6.39. The topological polar surface area (TPSA) is 113 Å². The van der Waals surface area contributed by atoms with Gasteiger partial charge in [-0.05, 0) is 56.3 Å². The summed E-state index contributed by atoms with van der Waals surface area (Å²) in [6.07, 6.45) is 1.36. The fourth-order valence-corrected chi connectivity index (χ4v) is 3.95. The molecule has 0 amide bonds. The summed E-state index contributed by atoms with van der Waals surface area (Å²) in [6, 6.07) is 15.4. The van der Waals surface area contributed by atoms with E-state index < -0.39 is 6.04 Å². The van der Waals surface area contributed by atoms with Crippen molar-refractivity contribution in [2.75, 3.05) is 5.32 Å². The fourth-order valence-electron chi connectivity index (χ4n) is 3.69. The zero-order valence-corrected chi connectivity index (χ0v) is 19.6. The first-order valence-corrected chi connectivity index (χ1v) is 11.0. The van der Waals surface area contributed by atoms with Crippen LogP contribution in [0.2, 0.25) is 5.02 Å². The Bertz CT molecular complexity index is 1520. The number of nitrogens with one attached hydrogen (secondary N) is 2. The highest BCUT2D eigenvalue weighted by atomic mass is 35.5. The van der Waals surface area contributed by atoms with Gasteiger partial charge in [0.1, 0.15) is 34.3 Å². The molecule has 3 aromatic heterocycles. The van der Waals surface area contributed by atoms with Crippen molar-refractivity contribution in [3.63, 3.8) is 0 Å². The predicted molar refractivity (Wildman–Crippen MR) is 131 cm³/mol. The van der Waals surface area contributed by atoms with Crippen LogP contribution in [0.4, 0.5) is 5.69 Å². The number of nitriles is 1. The smallest absolute Gasteiger partial charge is 0.274 e. The number of ether oxygens (including phenoxy) is 1. The predicted octanol–water partition coefficient (Wildman–Crippen LogP) is 4.46. The molecule has 0 aliphatic rings. The van der Waals surface area contributed by atoms with Crippen molar-refractivity contribution in [1.29, 1.82) is 5.26 Å². The Hall–Kier alpha value is -4.09. The summed E-state index contributed by atoms with van der Waals surface area (Å²) < 4.78 is 7.25. The summed E-state index contributed by atoms with van der Waals surface area (Å²) in [5.41, 5.74) is 1.50. The maximum Gasteiger partial charge on any atom is 0.274 e. The molecule has 0 bridgehead atoms. The number of aromatic amines is 1. The first-order chi connectivity index (χ1) is 16.3. The minimum absolute atomic E-state index is 0.247. The lowest BCUT2D eigenvalue weighted by Crippen LogP contribution is -2.26. The second kappa shape index (κ2) is 9.41. The molecule has 0 aliphatic carbocycles. The summed E-state index contributed by atoms with van der Waals surface area (Å²) in [5.74, 6) is 0.433. The highest BCUT2D eigenvalue weighted by Crippen LogP contribution is 2.34. The summed E-state index contributed by atoms with van der Waals surface area (Å²) in [5, 5.41) is 13.2. The van der Waals surface area contributed by atoms with Gasteiger partial charge in [-0.15, -0.1) is 0 Å². The molecule has 34 heavy (non-hydrogen) atoms. The Morgan fingerprint density at radius 1 is 1.18 bits per heavy atom. The molecule has 172 valence electrons. The van der Waals surface area contributed by atoms with Gasteiger partial charge in [-0.1, -0.05) is 17.7 Å². The Labute approximate surface area is 200 Å². The molecule has 0 fully saturated rings. The molecule has 8 nitrogen and oxygen atoms in total. The lowest BCUT2D eigenvalue weighted by molar-refractivity contribution is 0.222. The van der Waals surface area contributed by atoms with Crippen LogP contribution in [0.3, 0.4) is 0 Å². The molecule has 2 N–H and O–H groups in total. The minimum Gasteiger partial charge on any atom is -0.483 e. The molecule has 0 saturated carbocycles. The lowest BCUT2D eigenvalue weighted by Gasteiger charge is -2.18. The first kappa shape index (κ1) is 23.1. The fraction of sp³-hybridized carbons (Fsp3) is 0.200. The van der Waals surface area contributed by atoms with Crippen LogP contribution in [0, 0.1) is 11.3 Å². The summed E-state index contributed by atoms with van der Waals surface area (Å²) in [4.78, 5) is 32.5. The van der Waals surface area contributed by atoms with E-state index in [1.165, 1.54) is 17.7 Å². The van der Waals surface area contributed by atoms with Crippen LogP contribution >= 0.6 is 11.6 Å². The third-order valence-electron chi connectivity index (χ3n) is 5.62. The monoisotopic (exact) mass is 475 g/mol. The number of nitrogens with zero attached hydrogens (tertiary/aromatic N) is 3. The first-order valence-electron chi connectivity index (χ1n) is 10.6. The Morgan fingerprint density at radius 3 is 2.68 bits per heavy atom. The molecule has 0 saturated heterocycles. The maximum atomic E-state index is 12.9. The average molecular weight is 476 g/mol. The third kappa shape index (κ3) is 4.38. The van der Waals surface area contributed by atoms with Crippen molar-refractivity contribution in [3.05, 3.63) is 97.4 Å².